The summed E-state index contributed by atoms with van der Waals surface area (Å²) in [6.07, 6.45) is 1.81. The number of hydrogen-bond acceptors (Lipinski definition) is 6. The molecule has 2 atom stereocenters. The zero-order valence-corrected chi connectivity index (χ0v) is 18.0. The van der Waals surface area contributed by atoms with Crippen molar-refractivity contribution < 1.29 is 33.8 Å². The second-order valence-corrected chi connectivity index (χ2v) is 7.18. The molecule has 0 bridgehead atoms. The van der Waals surface area contributed by atoms with Gasteiger partial charge in [0.05, 0.1) is 6.61 Å². The average Bonchev–Trinajstić information content (AvgIpc) is 2.71. The highest BCUT2D eigenvalue weighted by molar-refractivity contribution is 5.89. The number of nitrogens with one attached hydrogen (secondary N) is 2. The van der Waals surface area contributed by atoms with Gasteiger partial charge in [-0.25, -0.2) is 14.4 Å². The van der Waals surface area contributed by atoms with Gasteiger partial charge in [0.1, 0.15) is 18.7 Å². The molecule has 3 N–H and O–H groups in total. The maximum Gasteiger partial charge on any atom is 0.408 e. The molecular formula is C22H30N2O7. The molecule has 0 unspecified atom stereocenters. The summed E-state index contributed by atoms with van der Waals surface area (Å²) in [5.74, 6) is -2.46. The van der Waals surface area contributed by atoms with E-state index in [1.807, 2.05) is 32.0 Å². The predicted octanol–water partition coefficient (Wildman–Crippen LogP) is 2.41. The number of hydrogen-bond donors (Lipinski definition) is 3. The molecular weight excluding hydrogens is 404 g/mol. The van der Waals surface area contributed by atoms with Crippen molar-refractivity contribution in [2.24, 2.45) is 5.92 Å². The fraction of sp³-hybridized carbons (Fsp3) is 0.455. The van der Waals surface area contributed by atoms with Gasteiger partial charge in [-0.05, 0) is 31.2 Å². The average molecular weight is 434 g/mol. The van der Waals surface area contributed by atoms with Crippen LogP contribution in [0.3, 0.4) is 0 Å². The van der Waals surface area contributed by atoms with Crippen LogP contribution in [0.15, 0.2) is 42.5 Å². The molecule has 2 amide bonds. The van der Waals surface area contributed by atoms with Crippen molar-refractivity contribution >= 4 is 23.9 Å². The van der Waals surface area contributed by atoms with E-state index in [-0.39, 0.29) is 32.0 Å². The van der Waals surface area contributed by atoms with Gasteiger partial charge in [0, 0.05) is 6.08 Å². The van der Waals surface area contributed by atoms with Crippen molar-refractivity contribution in [2.45, 2.75) is 52.3 Å². The molecule has 0 heterocycles. The molecule has 0 saturated carbocycles. The first-order valence-electron chi connectivity index (χ1n) is 10.1. The zero-order chi connectivity index (χ0) is 23.2. The summed E-state index contributed by atoms with van der Waals surface area (Å²) < 4.78 is 9.87. The van der Waals surface area contributed by atoms with Crippen LogP contribution in [-0.4, -0.2) is 47.7 Å². The highest BCUT2D eigenvalue weighted by Crippen LogP contribution is 2.08. The van der Waals surface area contributed by atoms with E-state index >= 15 is 0 Å². The summed E-state index contributed by atoms with van der Waals surface area (Å²) in [7, 11) is 0. The fourth-order valence-electron chi connectivity index (χ4n) is 2.59. The SMILES string of the molecule is CCOC(=O)/C=C/C[C@@H](NC(=O)[C@H](CC(C)C)NC(=O)OCc1ccccc1)C(=O)O. The van der Waals surface area contributed by atoms with Crippen LogP contribution < -0.4 is 10.6 Å². The van der Waals surface area contributed by atoms with Crippen LogP contribution in [-0.2, 0) is 30.5 Å². The molecule has 31 heavy (non-hydrogen) atoms. The number of alkyl carbamates (subject to hydrolysis) is 1. The number of amides is 2. The Hall–Kier alpha value is -3.36. The molecule has 9 nitrogen and oxygen atoms in total. The quantitative estimate of drug-likeness (QED) is 0.340. The van der Waals surface area contributed by atoms with Crippen LogP contribution in [0.25, 0.3) is 0 Å². The Kier molecular flexibility index (Phi) is 11.4. The molecule has 0 spiro atoms. The van der Waals surface area contributed by atoms with Gasteiger partial charge in [-0.2, -0.15) is 0 Å². The molecule has 0 aliphatic heterocycles. The first-order valence-corrected chi connectivity index (χ1v) is 10.1. The van der Waals surface area contributed by atoms with E-state index in [0.29, 0.717) is 0 Å². The van der Waals surface area contributed by atoms with Crippen LogP contribution >= 0.6 is 0 Å². The number of carbonyl (C=O) groups excluding carboxylic acids is 3. The predicted molar refractivity (Wildman–Crippen MR) is 113 cm³/mol. The van der Waals surface area contributed by atoms with Gasteiger partial charge in [-0.1, -0.05) is 50.3 Å². The highest BCUT2D eigenvalue weighted by atomic mass is 16.5. The minimum absolute atomic E-state index is 0.0408. The smallest absolute Gasteiger partial charge is 0.408 e. The standard InChI is InChI=1S/C22H30N2O7/c1-4-30-19(25)12-8-11-17(21(27)28)23-20(26)18(13-15(2)3)24-22(29)31-14-16-9-6-5-7-10-16/h5-10,12,15,17-18H,4,11,13-14H2,1-3H3,(H,23,26)(H,24,29)(H,27,28)/b12-8+/t17-,18+/m1/s1. The van der Waals surface area contributed by atoms with E-state index < -0.39 is 36.0 Å². The Morgan fingerprint density at radius 2 is 1.71 bits per heavy atom. The largest absolute Gasteiger partial charge is 0.480 e. The molecule has 9 heteroatoms. The monoisotopic (exact) mass is 434 g/mol. The molecule has 0 aromatic heterocycles. The summed E-state index contributed by atoms with van der Waals surface area (Å²) in [6.45, 7) is 5.63. The number of aliphatic carboxylic acids is 1. The number of ether oxygens (including phenoxy) is 2. The Morgan fingerprint density at radius 1 is 1.03 bits per heavy atom. The topological polar surface area (TPSA) is 131 Å². The second-order valence-electron chi connectivity index (χ2n) is 7.18. The highest BCUT2D eigenvalue weighted by Gasteiger charge is 2.27. The first-order chi connectivity index (χ1) is 14.7. The number of carboxylic acids is 1. The second kappa shape index (κ2) is 13.8. The Morgan fingerprint density at radius 3 is 2.29 bits per heavy atom. The minimum atomic E-state index is -1.27. The number of carbonyl (C=O) groups is 4. The molecule has 1 aromatic rings. The molecule has 0 saturated heterocycles. The summed E-state index contributed by atoms with van der Waals surface area (Å²) in [5.41, 5.74) is 0.793. The lowest BCUT2D eigenvalue weighted by atomic mass is 10.0. The lowest BCUT2D eigenvalue weighted by Gasteiger charge is -2.22. The third kappa shape index (κ3) is 10.8. The van der Waals surface area contributed by atoms with Crippen LogP contribution in [0.2, 0.25) is 0 Å². The third-order valence-corrected chi connectivity index (χ3v) is 4.06. The molecule has 0 aliphatic rings. The van der Waals surface area contributed by atoms with Gasteiger partial charge in [0.2, 0.25) is 5.91 Å². The van der Waals surface area contributed by atoms with E-state index in [0.717, 1.165) is 11.6 Å². The van der Waals surface area contributed by atoms with E-state index in [1.54, 1.807) is 19.1 Å². The van der Waals surface area contributed by atoms with Gasteiger partial charge in [0.15, 0.2) is 0 Å². The van der Waals surface area contributed by atoms with Gasteiger partial charge in [-0.15, -0.1) is 0 Å². The minimum Gasteiger partial charge on any atom is -0.480 e. The van der Waals surface area contributed by atoms with Gasteiger partial charge in [-0.3, -0.25) is 4.79 Å². The van der Waals surface area contributed by atoms with Gasteiger partial charge >= 0.3 is 18.0 Å². The van der Waals surface area contributed by atoms with Gasteiger partial charge < -0.3 is 25.2 Å². The van der Waals surface area contributed by atoms with E-state index in [1.165, 1.54) is 6.08 Å². The maximum absolute atomic E-state index is 12.6. The summed E-state index contributed by atoms with van der Waals surface area (Å²) in [6, 6.07) is 6.82. The molecule has 1 aromatic carbocycles. The molecule has 1 rings (SSSR count). The van der Waals surface area contributed by atoms with E-state index in [4.69, 9.17) is 9.47 Å². The van der Waals surface area contributed by atoms with Crippen molar-refractivity contribution in [3.8, 4) is 0 Å². The lowest BCUT2D eigenvalue weighted by molar-refractivity contribution is -0.142. The Bertz CT molecular complexity index is 762. The lowest BCUT2D eigenvalue weighted by Crippen LogP contribution is -2.52. The summed E-state index contributed by atoms with van der Waals surface area (Å²) >= 11 is 0. The Balaban J connectivity index is 2.70. The van der Waals surface area contributed by atoms with E-state index in [9.17, 15) is 24.3 Å². The van der Waals surface area contributed by atoms with Crippen LogP contribution in [0, 0.1) is 5.92 Å². The summed E-state index contributed by atoms with van der Waals surface area (Å²) in [5, 5.41) is 14.3. The molecule has 0 radical (unpaired) electrons. The first kappa shape index (κ1) is 25.7. The van der Waals surface area contributed by atoms with Crippen molar-refractivity contribution in [3.05, 3.63) is 48.0 Å². The van der Waals surface area contributed by atoms with E-state index in [2.05, 4.69) is 10.6 Å². The zero-order valence-electron chi connectivity index (χ0n) is 18.0. The number of carboxylic acid groups (broad SMARTS) is 1. The fourth-order valence-corrected chi connectivity index (χ4v) is 2.59. The number of esters is 1. The third-order valence-electron chi connectivity index (χ3n) is 4.06. The molecule has 0 aliphatic carbocycles. The van der Waals surface area contributed by atoms with Crippen LogP contribution in [0.1, 0.15) is 39.2 Å². The van der Waals surface area contributed by atoms with Crippen molar-refractivity contribution in [1.29, 1.82) is 0 Å². The van der Waals surface area contributed by atoms with Crippen molar-refractivity contribution in [1.82, 2.24) is 10.6 Å². The van der Waals surface area contributed by atoms with Crippen LogP contribution in [0.5, 0.6) is 0 Å². The normalized spacial score (nSPS) is 12.8. The van der Waals surface area contributed by atoms with Gasteiger partial charge in [0.25, 0.3) is 0 Å². The summed E-state index contributed by atoms with van der Waals surface area (Å²) in [4.78, 5) is 47.6. The van der Waals surface area contributed by atoms with Crippen molar-refractivity contribution in [3.63, 3.8) is 0 Å². The number of rotatable bonds is 12. The Labute approximate surface area is 181 Å². The molecule has 0 fully saturated rings. The van der Waals surface area contributed by atoms with Crippen molar-refractivity contribution in [2.75, 3.05) is 6.61 Å². The maximum atomic E-state index is 12.6. The molecule has 170 valence electrons. The van der Waals surface area contributed by atoms with Crippen LogP contribution in [0.4, 0.5) is 4.79 Å². The number of benzene rings is 1.